The number of halogens is 2. The molecule has 0 amide bonds. The molecule has 5 heteroatoms. The summed E-state index contributed by atoms with van der Waals surface area (Å²) in [6.07, 6.45) is 1.74. The highest BCUT2D eigenvalue weighted by Gasteiger charge is 2.15. The molecule has 0 radical (unpaired) electrons. The molecule has 2 rings (SSSR count). The van der Waals surface area contributed by atoms with Crippen molar-refractivity contribution in [2.24, 2.45) is 5.73 Å². The van der Waals surface area contributed by atoms with E-state index < -0.39 is 0 Å². The number of aromatic nitrogens is 2. The number of benzene rings is 1. The summed E-state index contributed by atoms with van der Waals surface area (Å²) < 4.78 is 1.92. The van der Waals surface area contributed by atoms with E-state index in [1.807, 2.05) is 16.8 Å². The van der Waals surface area contributed by atoms with Crippen LogP contribution < -0.4 is 5.73 Å². The van der Waals surface area contributed by atoms with Crippen molar-refractivity contribution in [3.63, 3.8) is 0 Å². The third-order valence-corrected chi connectivity index (χ3v) is 3.93. The highest BCUT2D eigenvalue weighted by atomic mass is 35.5. The van der Waals surface area contributed by atoms with Gasteiger partial charge in [0.05, 0.1) is 21.4 Å². The average molecular weight is 298 g/mol. The van der Waals surface area contributed by atoms with E-state index in [1.165, 1.54) is 0 Å². The fourth-order valence-electron chi connectivity index (χ4n) is 2.25. The van der Waals surface area contributed by atoms with Crippen LogP contribution in [0.5, 0.6) is 0 Å². The summed E-state index contributed by atoms with van der Waals surface area (Å²) in [5.74, 6) is 0. The minimum Gasteiger partial charge on any atom is -0.326 e. The quantitative estimate of drug-likeness (QED) is 0.934. The Hall–Kier alpha value is -1.03. The second-order valence-corrected chi connectivity index (χ2v) is 5.11. The lowest BCUT2D eigenvalue weighted by molar-refractivity contribution is 0.793. The summed E-state index contributed by atoms with van der Waals surface area (Å²) in [6, 6.07) is 5.53. The first-order valence-electron chi connectivity index (χ1n) is 6.37. The van der Waals surface area contributed by atoms with Crippen LogP contribution >= 0.6 is 23.2 Å². The van der Waals surface area contributed by atoms with Crippen LogP contribution in [0.15, 0.2) is 18.2 Å². The summed E-state index contributed by atoms with van der Waals surface area (Å²) in [6.45, 7) is 4.69. The van der Waals surface area contributed by atoms with Crippen LogP contribution in [0.25, 0.3) is 5.69 Å². The summed E-state index contributed by atoms with van der Waals surface area (Å²) in [5, 5.41) is 5.72. The van der Waals surface area contributed by atoms with E-state index in [2.05, 4.69) is 18.9 Å². The Balaban J connectivity index is 2.60. The maximum absolute atomic E-state index is 6.08. The van der Waals surface area contributed by atoms with Gasteiger partial charge in [0, 0.05) is 17.8 Å². The zero-order valence-electron chi connectivity index (χ0n) is 11.1. The predicted octanol–water partition coefficient (Wildman–Crippen LogP) is 3.76. The monoisotopic (exact) mass is 297 g/mol. The first-order chi connectivity index (χ1) is 9.12. The van der Waals surface area contributed by atoms with Crippen LogP contribution in [0.4, 0.5) is 0 Å². The van der Waals surface area contributed by atoms with Crippen LogP contribution in [0, 0.1) is 0 Å². The molecule has 1 aromatic carbocycles. The van der Waals surface area contributed by atoms with Gasteiger partial charge in [-0.05, 0) is 31.0 Å². The number of nitrogens with two attached hydrogens (primary N) is 1. The molecular weight excluding hydrogens is 281 g/mol. The Labute approximate surface area is 123 Å². The molecule has 0 aliphatic heterocycles. The maximum Gasteiger partial charge on any atom is 0.0674 e. The Morgan fingerprint density at radius 3 is 2.42 bits per heavy atom. The van der Waals surface area contributed by atoms with Crippen LogP contribution in [-0.2, 0) is 19.4 Å². The van der Waals surface area contributed by atoms with Crippen molar-refractivity contribution in [2.75, 3.05) is 0 Å². The highest BCUT2D eigenvalue weighted by Crippen LogP contribution is 2.26. The van der Waals surface area contributed by atoms with Crippen molar-refractivity contribution in [3.05, 3.63) is 45.2 Å². The molecule has 2 aromatic rings. The van der Waals surface area contributed by atoms with Gasteiger partial charge in [-0.2, -0.15) is 5.10 Å². The predicted molar refractivity (Wildman–Crippen MR) is 80.2 cm³/mol. The van der Waals surface area contributed by atoms with Crippen molar-refractivity contribution in [3.8, 4) is 5.69 Å². The van der Waals surface area contributed by atoms with Gasteiger partial charge in [-0.1, -0.05) is 37.0 Å². The van der Waals surface area contributed by atoms with Crippen molar-refractivity contribution < 1.29 is 0 Å². The summed E-state index contributed by atoms with van der Waals surface area (Å²) in [4.78, 5) is 0. The number of aryl methyl sites for hydroxylation is 1. The Morgan fingerprint density at radius 2 is 1.89 bits per heavy atom. The van der Waals surface area contributed by atoms with E-state index in [0.29, 0.717) is 16.6 Å². The van der Waals surface area contributed by atoms with Gasteiger partial charge < -0.3 is 5.73 Å². The lowest BCUT2D eigenvalue weighted by atomic mass is 10.1. The molecule has 0 atom stereocenters. The van der Waals surface area contributed by atoms with Crippen molar-refractivity contribution >= 4 is 23.2 Å². The molecule has 0 aliphatic rings. The van der Waals surface area contributed by atoms with Crippen LogP contribution in [-0.4, -0.2) is 9.78 Å². The lowest BCUT2D eigenvalue weighted by Crippen LogP contribution is -2.05. The molecule has 0 spiro atoms. The lowest BCUT2D eigenvalue weighted by Gasteiger charge is -2.08. The normalized spacial score (nSPS) is 11.0. The van der Waals surface area contributed by atoms with E-state index in [-0.39, 0.29) is 0 Å². The summed E-state index contributed by atoms with van der Waals surface area (Å²) >= 11 is 12.0. The van der Waals surface area contributed by atoms with Crippen LogP contribution in [0.2, 0.25) is 10.0 Å². The smallest absolute Gasteiger partial charge is 0.0674 e. The van der Waals surface area contributed by atoms with Crippen LogP contribution in [0.3, 0.4) is 0 Å². The molecule has 1 heterocycles. The van der Waals surface area contributed by atoms with Gasteiger partial charge in [0.15, 0.2) is 0 Å². The average Bonchev–Trinajstić information content (AvgIpc) is 2.79. The minimum absolute atomic E-state index is 0.508. The first kappa shape index (κ1) is 14.4. The van der Waals surface area contributed by atoms with Gasteiger partial charge >= 0.3 is 0 Å². The number of hydrogen-bond acceptors (Lipinski definition) is 2. The van der Waals surface area contributed by atoms with E-state index >= 15 is 0 Å². The molecule has 0 bridgehead atoms. The van der Waals surface area contributed by atoms with Gasteiger partial charge in [0.25, 0.3) is 0 Å². The molecule has 19 heavy (non-hydrogen) atoms. The fraction of sp³-hybridized carbons (Fsp3) is 0.357. The zero-order valence-corrected chi connectivity index (χ0v) is 12.6. The second kappa shape index (κ2) is 5.95. The van der Waals surface area contributed by atoms with Gasteiger partial charge in [-0.25, -0.2) is 4.68 Å². The molecule has 0 saturated carbocycles. The number of nitrogens with zero attached hydrogens (tertiary/aromatic N) is 2. The summed E-state index contributed by atoms with van der Waals surface area (Å²) in [5.41, 5.74) is 10.1. The molecule has 0 unspecified atom stereocenters. The van der Waals surface area contributed by atoms with E-state index in [4.69, 9.17) is 28.9 Å². The first-order valence-corrected chi connectivity index (χ1v) is 7.13. The van der Waals surface area contributed by atoms with Crippen molar-refractivity contribution in [1.29, 1.82) is 0 Å². The van der Waals surface area contributed by atoms with Gasteiger partial charge in [0.2, 0.25) is 0 Å². The van der Waals surface area contributed by atoms with Crippen LogP contribution in [0.1, 0.15) is 30.8 Å². The minimum atomic E-state index is 0.508. The topological polar surface area (TPSA) is 43.8 Å². The highest BCUT2D eigenvalue weighted by molar-refractivity contribution is 6.42. The molecule has 102 valence electrons. The number of rotatable bonds is 4. The Bertz CT molecular complexity index is 591. The van der Waals surface area contributed by atoms with Gasteiger partial charge in [-0.15, -0.1) is 0 Å². The van der Waals surface area contributed by atoms with Crippen molar-refractivity contribution in [1.82, 2.24) is 9.78 Å². The molecule has 0 fully saturated rings. The SMILES string of the molecule is CCc1nn(-c2ccc(Cl)c(Cl)c2)c(CC)c1CN. The molecule has 3 nitrogen and oxygen atoms in total. The zero-order chi connectivity index (χ0) is 14.0. The maximum atomic E-state index is 6.08. The Kier molecular flexibility index (Phi) is 4.50. The van der Waals surface area contributed by atoms with Crippen molar-refractivity contribution in [2.45, 2.75) is 33.2 Å². The van der Waals surface area contributed by atoms with Gasteiger partial charge in [-0.3, -0.25) is 0 Å². The molecule has 1 aromatic heterocycles. The second-order valence-electron chi connectivity index (χ2n) is 4.29. The third kappa shape index (κ3) is 2.64. The standard InChI is InChI=1S/C14H17Cl2N3/c1-3-13-10(8-17)14(4-2)19(18-13)9-5-6-11(15)12(16)7-9/h5-7H,3-4,8,17H2,1-2H3. The van der Waals surface area contributed by atoms with E-state index in [9.17, 15) is 0 Å². The number of hydrogen-bond donors (Lipinski definition) is 1. The molecule has 0 aliphatic carbocycles. The van der Waals surface area contributed by atoms with E-state index in [0.717, 1.165) is 35.5 Å². The molecular formula is C14H17Cl2N3. The fourth-order valence-corrected chi connectivity index (χ4v) is 2.54. The van der Waals surface area contributed by atoms with Gasteiger partial charge in [0.1, 0.15) is 0 Å². The molecule has 0 saturated heterocycles. The largest absolute Gasteiger partial charge is 0.326 e. The third-order valence-electron chi connectivity index (χ3n) is 3.19. The summed E-state index contributed by atoms with van der Waals surface area (Å²) in [7, 11) is 0. The Morgan fingerprint density at radius 1 is 1.16 bits per heavy atom. The van der Waals surface area contributed by atoms with E-state index in [1.54, 1.807) is 6.07 Å². The molecule has 2 N–H and O–H groups in total.